The highest BCUT2D eigenvalue weighted by atomic mass is 16.4. The first-order valence-corrected chi connectivity index (χ1v) is 7.73. The maximum Gasteiger partial charge on any atom is 0.287 e. The SMILES string of the molecule is O=C(NC[C@](O)(c1ccoc1)c1ccco1)c1cc2ccccc2o1. The van der Waals surface area contributed by atoms with Crippen LogP contribution in [0, 0.1) is 0 Å². The molecule has 25 heavy (non-hydrogen) atoms. The highest BCUT2D eigenvalue weighted by molar-refractivity contribution is 5.96. The van der Waals surface area contributed by atoms with Gasteiger partial charge in [0.1, 0.15) is 11.3 Å². The van der Waals surface area contributed by atoms with Crippen LogP contribution in [0.2, 0.25) is 0 Å². The van der Waals surface area contributed by atoms with Gasteiger partial charge in [-0.2, -0.15) is 0 Å². The van der Waals surface area contributed by atoms with Gasteiger partial charge in [-0.15, -0.1) is 0 Å². The Morgan fingerprint density at radius 2 is 2.00 bits per heavy atom. The minimum Gasteiger partial charge on any atom is -0.472 e. The van der Waals surface area contributed by atoms with Gasteiger partial charge in [-0.1, -0.05) is 18.2 Å². The van der Waals surface area contributed by atoms with Gasteiger partial charge in [0.25, 0.3) is 5.91 Å². The van der Waals surface area contributed by atoms with E-state index in [9.17, 15) is 9.90 Å². The average molecular weight is 337 g/mol. The predicted octanol–water partition coefficient (Wildman–Crippen LogP) is 3.28. The summed E-state index contributed by atoms with van der Waals surface area (Å²) in [6.45, 7) is -0.101. The van der Waals surface area contributed by atoms with Gasteiger partial charge in [-0.25, -0.2) is 0 Å². The van der Waals surface area contributed by atoms with Crippen molar-refractivity contribution in [2.75, 3.05) is 6.54 Å². The van der Waals surface area contributed by atoms with E-state index in [0.717, 1.165) is 5.39 Å². The maximum atomic E-state index is 12.4. The molecule has 4 aromatic rings. The van der Waals surface area contributed by atoms with E-state index in [1.807, 2.05) is 18.2 Å². The lowest BCUT2D eigenvalue weighted by Gasteiger charge is -2.24. The molecule has 2 N–H and O–H groups in total. The molecule has 0 aliphatic rings. The van der Waals surface area contributed by atoms with Crippen molar-refractivity contribution in [1.29, 1.82) is 0 Å². The molecule has 0 spiro atoms. The molecular formula is C19H15NO5. The van der Waals surface area contributed by atoms with Crippen molar-refractivity contribution in [3.63, 3.8) is 0 Å². The van der Waals surface area contributed by atoms with E-state index in [-0.39, 0.29) is 12.3 Å². The molecule has 0 aliphatic heterocycles. The Bertz CT molecular complexity index is 915. The third-order valence-electron chi connectivity index (χ3n) is 4.08. The van der Waals surface area contributed by atoms with Crippen LogP contribution in [0.3, 0.4) is 0 Å². The molecule has 3 aromatic heterocycles. The van der Waals surface area contributed by atoms with E-state index in [0.29, 0.717) is 16.9 Å². The topological polar surface area (TPSA) is 88.8 Å². The lowest BCUT2D eigenvalue weighted by atomic mass is 9.93. The standard InChI is InChI=1S/C19H15NO5/c21-18(16-10-13-4-1-2-5-15(13)25-16)20-12-19(22,14-7-9-23-11-14)17-6-3-8-24-17/h1-11,22H,12H2,(H,20,21)/t19-/m0/s1. The third-order valence-corrected chi connectivity index (χ3v) is 4.08. The Morgan fingerprint density at radius 3 is 2.72 bits per heavy atom. The Hall–Kier alpha value is -3.25. The number of carbonyl (C=O) groups excluding carboxylic acids is 1. The molecule has 0 saturated carbocycles. The molecule has 0 unspecified atom stereocenters. The summed E-state index contributed by atoms with van der Waals surface area (Å²) >= 11 is 0. The molecule has 3 heterocycles. The van der Waals surface area contributed by atoms with Gasteiger partial charge < -0.3 is 23.7 Å². The maximum absolute atomic E-state index is 12.4. The summed E-state index contributed by atoms with van der Waals surface area (Å²) in [6, 6.07) is 13.9. The number of amides is 1. The number of carbonyl (C=O) groups is 1. The first-order chi connectivity index (χ1) is 12.2. The second-order valence-corrected chi connectivity index (χ2v) is 5.68. The van der Waals surface area contributed by atoms with Crippen LogP contribution < -0.4 is 5.32 Å². The highest BCUT2D eigenvalue weighted by Crippen LogP contribution is 2.30. The van der Waals surface area contributed by atoms with Gasteiger partial charge in [-0.05, 0) is 30.3 Å². The molecule has 0 fully saturated rings. The lowest BCUT2D eigenvalue weighted by Crippen LogP contribution is -2.41. The zero-order chi connectivity index (χ0) is 17.3. The van der Waals surface area contributed by atoms with Gasteiger partial charge in [0.15, 0.2) is 11.4 Å². The van der Waals surface area contributed by atoms with Crippen molar-refractivity contribution in [3.8, 4) is 0 Å². The molecular weight excluding hydrogens is 322 g/mol. The molecule has 0 saturated heterocycles. The Balaban J connectivity index is 1.58. The summed E-state index contributed by atoms with van der Waals surface area (Å²) in [6.07, 6.45) is 4.32. The quantitative estimate of drug-likeness (QED) is 0.583. The third kappa shape index (κ3) is 2.72. The molecule has 0 radical (unpaired) electrons. The second kappa shape index (κ2) is 5.99. The molecule has 6 heteroatoms. The fourth-order valence-electron chi connectivity index (χ4n) is 2.73. The van der Waals surface area contributed by atoms with Crippen molar-refractivity contribution in [1.82, 2.24) is 5.32 Å². The Labute approximate surface area is 142 Å². The van der Waals surface area contributed by atoms with Crippen molar-refractivity contribution in [3.05, 3.63) is 84.4 Å². The summed E-state index contributed by atoms with van der Waals surface area (Å²) in [7, 11) is 0. The van der Waals surface area contributed by atoms with Crippen LogP contribution in [0.4, 0.5) is 0 Å². The predicted molar refractivity (Wildman–Crippen MR) is 89.0 cm³/mol. The highest BCUT2D eigenvalue weighted by Gasteiger charge is 2.36. The Morgan fingerprint density at radius 1 is 1.12 bits per heavy atom. The van der Waals surface area contributed by atoms with Gasteiger partial charge in [0.05, 0.1) is 25.3 Å². The summed E-state index contributed by atoms with van der Waals surface area (Å²) in [5.74, 6) is 0.0543. The van der Waals surface area contributed by atoms with Crippen LogP contribution in [0.5, 0.6) is 0 Å². The minimum atomic E-state index is -1.54. The van der Waals surface area contributed by atoms with Crippen LogP contribution in [-0.2, 0) is 5.60 Å². The normalized spacial score (nSPS) is 13.6. The number of rotatable bonds is 5. The Kier molecular flexibility index (Phi) is 3.66. The molecule has 0 aliphatic carbocycles. The van der Waals surface area contributed by atoms with Crippen molar-refractivity contribution >= 4 is 16.9 Å². The molecule has 126 valence electrons. The summed E-state index contributed by atoms with van der Waals surface area (Å²) in [5, 5.41) is 14.6. The summed E-state index contributed by atoms with van der Waals surface area (Å²) in [4.78, 5) is 12.4. The van der Waals surface area contributed by atoms with Crippen LogP contribution in [0.1, 0.15) is 21.9 Å². The molecule has 1 atom stereocenters. The smallest absolute Gasteiger partial charge is 0.287 e. The summed E-state index contributed by atoms with van der Waals surface area (Å²) in [5.41, 5.74) is -0.436. The molecule has 1 amide bonds. The zero-order valence-corrected chi connectivity index (χ0v) is 13.1. The second-order valence-electron chi connectivity index (χ2n) is 5.68. The first kappa shape index (κ1) is 15.3. The fourth-order valence-corrected chi connectivity index (χ4v) is 2.73. The number of furan rings is 3. The number of para-hydroxylation sites is 1. The zero-order valence-electron chi connectivity index (χ0n) is 13.1. The lowest BCUT2D eigenvalue weighted by molar-refractivity contribution is 0.0513. The van der Waals surface area contributed by atoms with Gasteiger partial charge in [0, 0.05) is 10.9 Å². The first-order valence-electron chi connectivity index (χ1n) is 7.73. The van der Waals surface area contributed by atoms with E-state index in [4.69, 9.17) is 13.3 Å². The van der Waals surface area contributed by atoms with Crippen LogP contribution in [-0.4, -0.2) is 17.6 Å². The molecule has 0 bridgehead atoms. The monoisotopic (exact) mass is 337 g/mol. The van der Waals surface area contributed by atoms with E-state index >= 15 is 0 Å². The van der Waals surface area contributed by atoms with Gasteiger partial charge in [-0.3, -0.25) is 4.79 Å². The average Bonchev–Trinajstić information content (AvgIpc) is 3.40. The van der Waals surface area contributed by atoms with Gasteiger partial charge >= 0.3 is 0 Å². The molecule has 6 nitrogen and oxygen atoms in total. The van der Waals surface area contributed by atoms with E-state index < -0.39 is 11.5 Å². The largest absolute Gasteiger partial charge is 0.472 e. The van der Waals surface area contributed by atoms with E-state index in [2.05, 4.69) is 5.32 Å². The van der Waals surface area contributed by atoms with Crippen molar-refractivity contribution in [2.24, 2.45) is 0 Å². The van der Waals surface area contributed by atoms with E-state index in [1.54, 1.807) is 30.3 Å². The number of hydrogen-bond donors (Lipinski definition) is 2. The summed E-state index contributed by atoms with van der Waals surface area (Å²) < 4.78 is 15.9. The van der Waals surface area contributed by atoms with Gasteiger partial charge in [0.2, 0.25) is 0 Å². The van der Waals surface area contributed by atoms with Crippen LogP contribution >= 0.6 is 0 Å². The fraction of sp³-hybridized carbons (Fsp3) is 0.105. The number of nitrogens with one attached hydrogen (secondary N) is 1. The number of aliphatic hydroxyl groups is 1. The van der Waals surface area contributed by atoms with Crippen LogP contribution in [0.25, 0.3) is 11.0 Å². The number of hydrogen-bond acceptors (Lipinski definition) is 5. The number of benzene rings is 1. The number of fused-ring (bicyclic) bond motifs is 1. The molecule has 4 rings (SSSR count). The van der Waals surface area contributed by atoms with E-state index in [1.165, 1.54) is 18.8 Å². The van der Waals surface area contributed by atoms with Crippen LogP contribution in [0.15, 0.2) is 80.6 Å². The van der Waals surface area contributed by atoms with Crippen molar-refractivity contribution < 1.29 is 23.2 Å². The molecule has 1 aromatic carbocycles. The van der Waals surface area contributed by atoms with Crippen molar-refractivity contribution in [2.45, 2.75) is 5.60 Å². The minimum absolute atomic E-state index is 0.101.